The van der Waals surface area contributed by atoms with Gasteiger partial charge in [0.15, 0.2) is 0 Å². The normalized spacial score (nSPS) is 23.4. The highest BCUT2D eigenvalue weighted by Gasteiger charge is 2.42. The van der Waals surface area contributed by atoms with Crippen LogP contribution in [0, 0.1) is 11.3 Å². The van der Waals surface area contributed by atoms with E-state index in [0.29, 0.717) is 11.3 Å². The van der Waals surface area contributed by atoms with Crippen LogP contribution in [-0.2, 0) is 0 Å². The quantitative estimate of drug-likeness (QED) is 0.193. The summed E-state index contributed by atoms with van der Waals surface area (Å²) < 4.78 is 0. The van der Waals surface area contributed by atoms with Crippen molar-refractivity contribution >= 4 is 5.84 Å². The fourth-order valence-electron chi connectivity index (χ4n) is 2.29. The number of hydrogen-bond acceptors (Lipinski definition) is 3. The van der Waals surface area contributed by atoms with Gasteiger partial charge in [-0.05, 0) is 43.6 Å². The van der Waals surface area contributed by atoms with Crippen LogP contribution in [0.25, 0.3) is 0 Å². The minimum absolute atomic E-state index is 0.301. The maximum absolute atomic E-state index is 8.55. The molecule has 4 heteroatoms. The van der Waals surface area contributed by atoms with Gasteiger partial charge in [-0.15, -0.1) is 0 Å². The van der Waals surface area contributed by atoms with E-state index in [4.69, 9.17) is 10.9 Å². The zero-order chi connectivity index (χ0) is 11.4. The van der Waals surface area contributed by atoms with Gasteiger partial charge in [0.25, 0.3) is 0 Å². The minimum atomic E-state index is 0.301. The van der Waals surface area contributed by atoms with E-state index in [1.807, 2.05) is 0 Å². The molecular formula is C12H23N3O. The summed E-state index contributed by atoms with van der Waals surface area (Å²) >= 11 is 0. The molecule has 2 rings (SSSR count). The van der Waals surface area contributed by atoms with Gasteiger partial charge in [0.1, 0.15) is 5.84 Å². The lowest BCUT2D eigenvalue weighted by molar-refractivity contribution is 0.314. The molecule has 4 nitrogen and oxygen atoms in total. The summed E-state index contributed by atoms with van der Waals surface area (Å²) in [5.74, 6) is 1.41. The van der Waals surface area contributed by atoms with E-state index in [2.05, 4.69) is 10.5 Å². The number of rotatable bonds is 8. The van der Waals surface area contributed by atoms with Crippen molar-refractivity contribution in [2.24, 2.45) is 22.2 Å². The van der Waals surface area contributed by atoms with Gasteiger partial charge in [0, 0.05) is 13.0 Å². The number of hydrogen-bond donors (Lipinski definition) is 3. The lowest BCUT2D eigenvalue weighted by Crippen LogP contribution is -2.29. The largest absolute Gasteiger partial charge is 0.409 e. The highest BCUT2D eigenvalue weighted by Crippen LogP contribution is 2.48. The Morgan fingerprint density at radius 2 is 2.19 bits per heavy atom. The second-order valence-electron chi connectivity index (χ2n) is 5.53. The van der Waals surface area contributed by atoms with Crippen molar-refractivity contribution in [1.82, 2.24) is 5.32 Å². The summed E-state index contributed by atoms with van der Waals surface area (Å²) in [6.45, 7) is 2.14. The van der Waals surface area contributed by atoms with Crippen LogP contribution in [0.15, 0.2) is 5.16 Å². The molecule has 2 aliphatic rings. The molecule has 0 bridgehead atoms. The van der Waals surface area contributed by atoms with Gasteiger partial charge in [-0.3, -0.25) is 0 Å². The molecule has 92 valence electrons. The molecule has 4 N–H and O–H groups in total. The average molecular weight is 225 g/mol. The molecule has 2 aliphatic carbocycles. The molecular weight excluding hydrogens is 202 g/mol. The lowest BCUT2D eigenvalue weighted by Gasteiger charge is -2.14. The number of amidine groups is 1. The van der Waals surface area contributed by atoms with Gasteiger partial charge in [0.05, 0.1) is 0 Å². The Morgan fingerprint density at radius 1 is 1.44 bits per heavy atom. The van der Waals surface area contributed by atoms with Crippen molar-refractivity contribution in [3.8, 4) is 0 Å². The van der Waals surface area contributed by atoms with Crippen molar-refractivity contribution in [3.05, 3.63) is 0 Å². The molecule has 0 aromatic carbocycles. The molecule has 0 spiro atoms. The average Bonchev–Trinajstić information content (AvgIpc) is 3.14. The first-order valence-corrected chi connectivity index (χ1v) is 6.41. The van der Waals surface area contributed by atoms with Crippen LogP contribution >= 0.6 is 0 Å². The van der Waals surface area contributed by atoms with Gasteiger partial charge in [-0.1, -0.05) is 18.0 Å². The van der Waals surface area contributed by atoms with E-state index < -0.39 is 0 Å². The number of oxime groups is 1. The standard InChI is InChI=1S/C12H23N3O/c13-11(15-16)8-12(5-6-12)9-14-7-1-2-10-3-4-10/h10,14,16H,1-9H2,(H2,13,15). The smallest absolute Gasteiger partial charge is 0.139 e. The van der Waals surface area contributed by atoms with Crippen LogP contribution in [0.4, 0.5) is 0 Å². The van der Waals surface area contributed by atoms with E-state index in [9.17, 15) is 0 Å². The Balaban J connectivity index is 1.54. The predicted molar refractivity (Wildman–Crippen MR) is 64.5 cm³/mol. The van der Waals surface area contributed by atoms with Crippen LogP contribution in [-0.4, -0.2) is 24.1 Å². The van der Waals surface area contributed by atoms with Crippen molar-refractivity contribution < 1.29 is 5.21 Å². The second kappa shape index (κ2) is 5.04. The Hall–Kier alpha value is -0.770. The Labute approximate surface area is 97.3 Å². The highest BCUT2D eigenvalue weighted by molar-refractivity contribution is 5.80. The summed E-state index contributed by atoms with van der Waals surface area (Å²) in [4.78, 5) is 0. The zero-order valence-electron chi connectivity index (χ0n) is 9.91. The maximum atomic E-state index is 8.55. The molecule has 0 aromatic rings. The monoisotopic (exact) mass is 225 g/mol. The van der Waals surface area contributed by atoms with Crippen molar-refractivity contribution in [1.29, 1.82) is 0 Å². The van der Waals surface area contributed by atoms with E-state index >= 15 is 0 Å². The topological polar surface area (TPSA) is 70.6 Å². The van der Waals surface area contributed by atoms with Crippen molar-refractivity contribution in [2.75, 3.05) is 13.1 Å². The van der Waals surface area contributed by atoms with Gasteiger partial charge >= 0.3 is 0 Å². The van der Waals surface area contributed by atoms with Crippen LogP contribution in [0.1, 0.15) is 44.9 Å². The van der Waals surface area contributed by atoms with Crippen LogP contribution in [0.5, 0.6) is 0 Å². The van der Waals surface area contributed by atoms with E-state index in [1.165, 1.54) is 38.5 Å². The Morgan fingerprint density at radius 3 is 2.75 bits per heavy atom. The number of nitrogens with two attached hydrogens (primary N) is 1. The lowest BCUT2D eigenvalue weighted by atomic mass is 10.0. The summed E-state index contributed by atoms with van der Waals surface area (Å²) in [6.07, 6.45) is 8.74. The maximum Gasteiger partial charge on any atom is 0.139 e. The molecule has 0 amide bonds. The summed E-state index contributed by atoms with van der Waals surface area (Å²) in [5.41, 5.74) is 5.85. The van der Waals surface area contributed by atoms with Gasteiger partial charge in [0.2, 0.25) is 0 Å². The van der Waals surface area contributed by atoms with E-state index in [-0.39, 0.29) is 0 Å². The Bertz CT molecular complexity index is 257. The zero-order valence-corrected chi connectivity index (χ0v) is 9.91. The third-order valence-electron chi connectivity index (χ3n) is 3.80. The molecule has 16 heavy (non-hydrogen) atoms. The van der Waals surface area contributed by atoms with Crippen LogP contribution < -0.4 is 11.1 Å². The van der Waals surface area contributed by atoms with Crippen molar-refractivity contribution in [2.45, 2.75) is 44.9 Å². The predicted octanol–water partition coefficient (Wildman–Crippen LogP) is 1.68. The third-order valence-corrected chi connectivity index (χ3v) is 3.80. The van der Waals surface area contributed by atoms with Crippen LogP contribution in [0.2, 0.25) is 0 Å². The molecule has 2 saturated carbocycles. The summed E-state index contributed by atoms with van der Waals surface area (Å²) in [7, 11) is 0. The van der Waals surface area contributed by atoms with Gasteiger partial charge in [-0.25, -0.2) is 0 Å². The molecule has 0 aromatic heterocycles. The second-order valence-corrected chi connectivity index (χ2v) is 5.53. The minimum Gasteiger partial charge on any atom is -0.409 e. The van der Waals surface area contributed by atoms with Gasteiger partial charge in [-0.2, -0.15) is 0 Å². The Kier molecular flexibility index (Phi) is 3.69. The molecule has 2 fully saturated rings. The third kappa shape index (κ3) is 3.67. The fraction of sp³-hybridized carbons (Fsp3) is 0.917. The highest BCUT2D eigenvalue weighted by atomic mass is 16.4. The molecule has 0 atom stereocenters. The molecule has 0 radical (unpaired) electrons. The number of nitrogens with zero attached hydrogens (tertiary/aromatic N) is 1. The number of nitrogens with one attached hydrogen (secondary N) is 1. The van der Waals surface area contributed by atoms with Crippen molar-refractivity contribution in [3.63, 3.8) is 0 Å². The first-order chi connectivity index (χ1) is 7.74. The molecule has 0 unspecified atom stereocenters. The van der Waals surface area contributed by atoms with E-state index in [1.54, 1.807) is 0 Å². The molecule has 0 heterocycles. The van der Waals surface area contributed by atoms with E-state index in [0.717, 1.165) is 25.4 Å². The molecule has 0 aliphatic heterocycles. The summed E-state index contributed by atoms with van der Waals surface area (Å²) in [6, 6.07) is 0. The first kappa shape index (κ1) is 11.7. The van der Waals surface area contributed by atoms with Gasteiger partial charge < -0.3 is 16.3 Å². The van der Waals surface area contributed by atoms with Crippen LogP contribution in [0.3, 0.4) is 0 Å². The fourth-order valence-corrected chi connectivity index (χ4v) is 2.29. The first-order valence-electron chi connectivity index (χ1n) is 6.41. The SMILES string of the molecule is NC(CC1(CNCCCC2CC2)CC1)=NO. The molecule has 0 saturated heterocycles. The summed E-state index contributed by atoms with van der Waals surface area (Å²) in [5, 5.41) is 15.1.